The molecule has 0 unspecified atom stereocenters. The number of nitrogens with zero attached hydrogens (tertiary/aromatic N) is 1. The normalized spacial score (nSPS) is 22.4. The van der Waals surface area contributed by atoms with Crippen LogP contribution in [0.15, 0.2) is 0 Å². The molecule has 2 rings (SSSR count). The summed E-state index contributed by atoms with van der Waals surface area (Å²) < 4.78 is 0. The molecule has 0 bridgehead atoms. The van der Waals surface area contributed by atoms with Crippen LogP contribution in [0.1, 0.15) is 39.5 Å². The van der Waals surface area contributed by atoms with E-state index >= 15 is 0 Å². The van der Waals surface area contributed by atoms with Crippen LogP contribution in [0.25, 0.3) is 0 Å². The fourth-order valence-electron chi connectivity index (χ4n) is 2.24. The third kappa shape index (κ3) is 3.76. The minimum absolute atomic E-state index is 0.858. The first-order chi connectivity index (χ1) is 7.25. The van der Waals surface area contributed by atoms with Gasteiger partial charge in [-0.2, -0.15) is 0 Å². The van der Waals surface area contributed by atoms with Gasteiger partial charge in [0.1, 0.15) is 0 Å². The zero-order chi connectivity index (χ0) is 10.7. The van der Waals surface area contributed by atoms with E-state index in [-0.39, 0.29) is 0 Å². The van der Waals surface area contributed by atoms with Crippen molar-refractivity contribution in [3.05, 3.63) is 0 Å². The van der Waals surface area contributed by atoms with Crippen molar-refractivity contribution in [3.63, 3.8) is 0 Å². The summed E-state index contributed by atoms with van der Waals surface area (Å²) in [6, 6.07) is 0.955. The van der Waals surface area contributed by atoms with E-state index in [2.05, 4.69) is 24.1 Å². The topological polar surface area (TPSA) is 15.3 Å². The number of hydrogen-bond acceptors (Lipinski definition) is 2. The number of hydrogen-bond donors (Lipinski definition) is 1. The molecular formula is C13H26N2. The lowest BCUT2D eigenvalue weighted by molar-refractivity contribution is 0.209. The van der Waals surface area contributed by atoms with E-state index in [0.29, 0.717) is 0 Å². The monoisotopic (exact) mass is 210 g/mol. The highest BCUT2D eigenvalue weighted by Gasteiger charge is 2.29. The minimum atomic E-state index is 0.858. The van der Waals surface area contributed by atoms with Crippen LogP contribution < -0.4 is 5.32 Å². The van der Waals surface area contributed by atoms with E-state index in [1.165, 1.54) is 51.9 Å². The van der Waals surface area contributed by atoms with E-state index in [4.69, 9.17) is 0 Å². The maximum Gasteiger partial charge on any atom is 0.00964 e. The summed E-state index contributed by atoms with van der Waals surface area (Å²) in [4.78, 5) is 2.75. The molecule has 1 saturated carbocycles. The number of rotatable bonds is 7. The zero-order valence-corrected chi connectivity index (χ0v) is 10.3. The molecule has 2 fully saturated rings. The molecule has 1 N–H and O–H groups in total. The first-order valence-corrected chi connectivity index (χ1v) is 6.70. The van der Waals surface area contributed by atoms with Gasteiger partial charge in [-0.1, -0.05) is 13.8 Å². The second-order valence-corrected chi connectivity index (χ2v) is 5.76. The molecule has 0 radical (unpaired) electrons. The van der Waals surface area contributed by atoms with E-state index in [1.54, 1.807) is 0 Å². The van der Waals surface area contributed by atoms with Crippen LogP contribution in [-0.4, -0.2) is 37.1 Å². The predicted octanol–water partition coefficient (Wildman–Crippen LogP) is 2.11. The van der Waals surface area contributed by atoms with Crippen molar-refractivity contribution in [2.45, 2.75) is 45.6 Å². The van der Waals surface area contributed by atoms with Gasteiger partial charge in [-0.3, -0.25) is 0 Å². The van der Waals surface area contributed by atoms with Gasteiger partial charge in [0.25, 0.3) is 0 Å². The SMILES string of the molecule is CC(C)CCN(CCC1CNC1)C1CC1. The average Bonchev–Trinajstić information content (AvgIpc) is 2.90. The molecule has 88 valence electrons. The predicted molar refractivity (Wildman–Crippen MR) is 65.0 cm³/mol. The van der Waals surface area contributed by atoms with Crippen molar-refractivity contribution >= 4 is 0 Å². The van der Waals surface area contributed by atoms with Gasteiger partial charge in [-0.25, -0.2) is 0 Å². The molecular weight excluding hydrogens is 184 g/mol. The Morgan fingerprint density at radius 2 is 1.93 bits per heavy atom. The molecule has 1 heterocycles. The Hall–Kier alpha value is -0.0800. The molecule has 0 aromatic carbocycles. The molecule has 0 aromatic heterocycles. The van der Waals surface area contributed by atoms with Gasteiger partial charge in [0.2, 0.25) is 0 Å². The second-order valence-electron chi connectivity index (χ2n) is 5.76. The lowest BCUT2D eigenvalue weighted by atomic mass is 9.99. The zero-order valence-electron chi connectivity index (χ0n) is 10.3. The highest BCUT2D eigenvalue weighted by Crippen LogP contribution is 2.28. The number of nitrogens with one attached hydrogen (secondary N) is 1. The summed E-state index contributed by atoms with van der Waals surface area (Å²) in [5, 5.41) is 3.36. The van der Waals surface area contributed by atoms with Crippen molar-refractivity contribution in [2.24, 2.45) is 11.8 Å². The van der Waals surface area contributed by atoms with E-state index in [1.807, 2.05) is 0 Å². The van der Waals surface area contributed by atoms with Gasteiger partial charge in [0.15, 0.2) is 0 Å². The van der Waals surface area contributed by atoms with Crippen LogP contribution in [-0.2, 0) is 0 Å². The van der Waals surface area contributed by atoms with Gasteiger partial charge in [0.05, 0.1) is 0 Å². The maximum absolute atomic E-state index is 3.36. The third-order valence-corrected chi connectivity index (χ3v) is 3.75. The molecule has 1 aliphatic heterocycles. The van der Waals surface area contributed by atoms with Crippen molar-refractivity contribution < 1.29 is 0 Å². The molecule has 0 spiro atoms. The Morgan fingerprint density at radius 1 is 1.20 bits per heavy atom. The lowest BCUT2D eigenvalue weighted by Gasteiger charge is -2.30. The first-order valence-electron chi connectivity index (χ1n) is 6.70. The molecule has 2 aliphatic rings. The molecule has 2 nitrogen and oxygen atoms in total. The van der Waals surface area contributed by atoms with Crippen molar-refractivity contribution in [3.8, 4) is 0 Å². The van der Waals surface area contributed by atoms with Crippen molar-refractivity contribution in [2.75, 3.05) is 26.2 Å². The Kier molecular flexibility index (Phi) is 4.04. The Bertz CT molecular complexity index is 183. The summed E-state index contributed by atoms with van der Waals surface area (Å²) in [5.41, 5.74) is 0. The second kappa shape index (κ2) is 5.31. The van der Waals surface area contributed by atoms with Crippen molar-refractivity contribution in [1.82, 2.24) is 10.2 Å². The Labute approximate surface area is 94.4 Å². The fourth-order valence-corrected chi connectivity index (χ4v) is 2.24. The van der Waals surface area contributed by atoms with Gasteiger partial charge < -0.3 is 10.2 Å². The smallest absolute Gasteiger partial charge is 0.00964 e. The van der Waals surface area contributed by atoms with Gasteiger partial charge in [0, 0.05) is 6.04 Å². The highest BCUT2D eigenvalue weighted by atomic mass is 15.2. The van der Waals surface area contributed by atoms with Crippen LogP contribution in [0.5, 0.6) is 0 Å². The minimum Gasteiger partial charge on any atom is -0.316 e. The molecule has 1 aliphatic carbocycles. The molecule has 2 heteroatoms. The third-order valence-electron chi connectivity index (χ3n) is 3.75. The van der Waals surface area contributed by atoms with Crippen LogP contribution in [0.3, 0.4) is 0 Å². The summed E-state index contributed by atoms with van der Waals surface area (Å²) in [6.45, 7) is 9.89. The molecule has 0 atom stereocenters. The average molecular weight is 210 g/mol. The van der Waals surface area contributed by atoms with Crippen LogP contribution >= 0.6 is 0 Å². The first kappa shape index (κ1) is 11.4. The standard InChI is InChI=1S/C13H26N2/c1-11(2)5-7-15(13-3-4-13)8-6-12-9-14-10-12/h11-14H,3-10H2,1-2H3. The van der Waals surface area contributed by atoms with Crippen LogP contribution in [0, 0.1) is 11.8 Å². The van der Waals surface area contributed by atoms with E-state index < -0.39 is 0 Å². The largest absolute Gasteiger partial charge is 0.316 e. The van der Waals surface area contributed by atoms with Gasteiger partial charge in [-0.05, 0) is 63.7 Å². The molecule has 0 amide bonds. The molecule has 0 aromatic rings. The Morgan fingerprint density at radius 3 is 2.40 bits per heavy atom. The molecule has 15 heavy (non-hydrogen) atoms. The summed E-state index contributed by atoms with van der Waals surface area (Å²) in [6.07, 6.45) is 5.71. The lowest BCUT2D eigenvalue weighted by Crippen LogP contribution is -2.44. The van der Waals surface area contributed by atoms with Crippen LogP contribution in [0.4, 0.5) is 0 Å². The Balaban J connectivity index is 1.63. The van der Waals surface area contributed by atoms with E-state index in [9.17, 15) is 0 Å². The molecule has 1 saturated heterocycles. The summed E-state index contributed by atoms with van der Waals surface area (Å²) in [7, 11) is 0. The van der Waals surface area contributed by atoms with Crippen molar-refractivity contribution in [1.29, 1.82) is 0 Å². The summed E-state index contributed by atoms with van der Waals surface area (Å²) in [5.74, 6) is 1.84. The van der Waals surface area contributed by atoms with E-state index in [0.717, 1.165) is 17.9 Å². The quantitative estimate of drug-likeness (QED) is 0.692. The highest BCUT2D eigenvalue weighted by molar-refractivity contribution is 4.86. The van der Waals surface area contributed by atoms with Crippen LogP contribution in [0.2, 0.25) is 0 Å². The van der Waals surface area contributed by atoms with Gasteiger partial charge in [-0.15, -0.1) is 0 Å². The summed E-state index contributed by atoms with van der Waals surface area (Å²) >= 11 is 0. The maximum atomic E-state index is 3.36. The van der Waals surface area contributed by atoms with Gasteiger partial charge >= 0.3 is 0 Å². The fraction of sp³-hybridized carbons (Fsp3) is 1.00.